The Morgan fingerprint density at radius 2 is 1.86 bits per heavy atom. The molecule has 0 spiro atoms. The van der Waals surface area contributed by atoms with Gasteiger partial charge in [-0.2, -0.15) is 0 Å². The van der Waals surface area contributed by atoms with E-state index >= 15 is 0 Å². The third kappa shape index (κ3) is 4.51. The van der Waals surface area contributed by atoms with Crippen LogP contribution in [-0.2, 0) is 14.4 Å². The van der Waals surface area contributed by atoms with Crippen molar-refractivity contribution >= 4 is 56.0 Å². The summed E-state index contributed by atoms with van der Waals surface area (Å²) in [5.74, 6) is -0.892. The molecular formula is C19H23ClN4O3S. The SMILES string of the molecule is CCN(CC)CCN(C(=O)CN1C(=O)CCC1=O)c1nc2ccc(Cl)cc2s1. The van der Waals surface area contributed by atoms with Crippen molar-refractivity contribution in [1.82, 2.24) is 14.8 Å². The summed E-state index contributed by atoms with van der Waals surface area (Å²) in [6.07, 6.45) is 0.344. The fourth-order valence-corrected chi connectivity index (χ4v) is 4.41. The maximum absolute atomic E-state index is 13.0. The first-order chi connectivity index (χ1) is 13.4. The topological polar surface area (TPSA) is 73.8 Å². The Labute approximate surface area is 172 Å². The summed E-state index contributed by atoms with van der Waals surface area (Å²) in [4.78, 5) is 46.3. The zero-order valence-electron chi connectivity index (χ0n) is 16.0. The molecule has 1 aromatic heterocycles. The molecule has 2 heterocycles. The van der Waals surface area contributed by atoms with Crippen LogP contribution in [0, 0.1) is 0 Å². The highest BCUT2D eigenvalue weighted by Crippen LogP contribution is 2.31. The molecule has 1 fully saturated rings. The van der Waals surface area contributed by atoms with Crippen molar-refractivity contribution in [2.45, 2.75) is 26.7 Å². The number of hydrogen-bond donors (Lipinski definition) is 0. The lowest BCUT2D eigenvalue weighted by atomic mass is 10.3. The molecule has 0 aliphatic carbocycles. The molecule has 28 heavy (non-hydrogen) atoms. The Morgan fingerprint density at radius 1 is 1.18 bits per heavy atom. The van der Waals surface area contributed by atoms with Gasteiger partial charge in [0.25, 0.3) is 0 Å². The molecule has 3 amide bonds. The van der Waals surface area contributed by atoms with Crippen molar-refractivity contribution in [3.8, 4) is 0 Å². The first kappa shape index (κ1) is 20.7. The maximum atomic E-state index is 13.0. The maximum Gasteiger partial charge on any atom is 0.248 e. The van der Waals surface area contributed by atoms with E-state index in [4.69, 9.17) is 11.6 Å². The van der Waals surface area contributed by atoms with E-state index in [1.807, 2.05) is 12.1 Å². The molecule has 7 nitrogen and oxygen atoms in total. The Morgan fingerprint density at radius 3 is 2.50 bits per heavy atom. The predicted octanol–water partition coefficient (Wildman–Crippen LogP) is 2.77. The number of aromatic nitrogens is 1. The quantitative estimate of drug-likeness (QED) is 0.611. The molecule has 3 rings (SSSR count). The largest absolute Gasteiger partial charge is 0.302 e. The zero-order valence-corrected chi connectivity index (χ0v) is 17.6. The Bertz CT molecular complexity index is 880. The highest BCUT2D eigenvalue weighted by atomic mass is 35.5. The summed E-state index contributed by atoms with van der Waals surface area (Å²) in [6, 6.07) is 5.40. The third-order valence-electron chi connectivity index (χ3n) is 4.85. The molecule has 0 N–H and O–H groups in total. The van der Waals surface area contributed by atoms with E-state index in [0.717, 1.165) is 28.2 Å². The molecule has 0 bridgehead atoms. The van der Waals surface area contributed by atoms with Gasteiger partial charge < -0.3 is 4.90 Å². The number of carbonyl (C=O) groups excluding carboxylic acids is 3. The van der Waals surface area contributed by atoms with Gasteiger partial charge >= 0.3 is 0 Å². The smallest absolute Gasteiger partial charge is 0.248 e. The van der Waals surface area contributed by atoms with Crippen molar-refractivity contribution in [3.63, 3.8) is 0 Å². The lowest BCUT2D eigenvalue weighted by Gasteiger charge is -2.26. The normalized spacial score (nSPS) is 14.5. The number of anilines is 1. The molecular weight excluding hydrogens is 400 g/mol. The highest BCUT2D eigenvalue weighted by Gasteiger charge is 2.32. The lowest BCUT2D eigenvalue weighted by Crippen LogP contribution is -2.45. The van der Waals surface area contributed by atoms with Gasteiger partial charge in [-0.3, -0.25) is 24.2 Å². The Balaban J connectivity index is 1.85. The van der Waals surface area contributed by atoms with Crippen LogP contribution in [0.15, 0.2) is 18.2 Å². The van der Waals surface area contributed by atoms with Gasteiger partial charge in [0.15, 0.2) is 5.13 Å². The molecule has 0 saturated carbocycles. The summed E-state index contributed by atoms with van der Waals surface area (Å²) in [5, 5.41) is 1.16. The van der Waals surface area contributed by atoms with Crippen LogP contribution in [0.25, 0.3) is 10.2 Å². The number of rotatable bonds is 8. The number of imide groups is 1. The standard InChI is InChI=1S/C19H23ClN4O3S/c1-3-22(4-2)9-10-23(18(27)12-24-16(25)7-8-17(24)26)19-21-14-6-5-13(20)11-15(14)28-19/h5-6,11H,3-4,7-10,12H2,1-2H3. The van der Waals surface area contributed by atoms with Crippen molar-refractivity contribution in [1.29, 1.82) is 0 Å². The Hall–Kier alpha value is -2.03. The first-order valence-corrected chi connectivity index (χ1v) is 10.5. The van der Waals surface area contributed by atoms with E-state index in [1.54, 1.807) is 11.0 Å². The molecule has 0 unspecified atom stereocenters. The summed E-state index contributed by atoms with van der Waals surface area (Å²) in [6.45, 7) is 6.75. The molecule has 1 aliphatic heterocycles. The summed E-state index contributed by atoms with van der Waals surface area (Å²) < 4.78 is 0.886. The number of likely N-dealkylation sites (N-methyl/N-ethyl adjacent to an activating group) is 1. The fraction of sp³-hybridized carbons (Fsp3) is 0.474. The molecule has 2 aromatic rings. The van der Waals surface area contributed by atoms with Gasteiger partial charge in [0.1, 0.15) is 6.54 Å². The molecule has 150 valence electrons. The second-order valence-corrected chi connectivity index (χ2v) is 8.00. The van der Waals surface area contributed by atoms with Crippen LogP contribution in [0.5, 0.6) is 0 Å². The van der Waals surface area contributed by atoms with Gasteiger partial charge in [-0.15, -0.1) is 0 Å². The van der Waals surface area contributed by atoms with E-state index < -0.39 is 0 Å². The number of fused-ring (bicyclic) bond motifs is 1. The number of likely N-dealkylation sites (tertiary alicyclic amines) is 1. The van der Waals surface area contributed by atoms with Crippen LogP contribution in [-0.4, -0.2) is 65.2 Å². The van der Waals surface area contributed by atoms with Gasteiger partial charge in [-0.05, 0) is 31.3 Å². The third-order valence-corrected chi connectivity index (χ3v) is 6.13. The second-order valence-electron chi connectivity index (χ2n) is 6.55. The first-order valence-electron chi connectivity index (χ1n) is 9.35. The number of hydrogen-bond acceptors (Lipinski definition) is 6. The monoisotopic (exact) mass is 422 g/mol. The van der Waals surface area contributed by atoms with E-state index in [9.17, 15) is 14.4 Å². The summed E-state index contributed by atoms with van der Waals surface area (Å²) >= 11 is 7.44. The molecule has 1 aliphatic rings. The van der Waals surface area contributed by atoms with Crippen LogP contribution < -0.4 is 4.90 Å². The van der Waals surface area contributed by atoms with Crippen LogP contribution in [0.1, 0.15) is 26.7 Å². The minimum atomic E-state index is -0.305. The number of nitrogens with zero attached hydrogens (tertiary/aromatic N) is 4. The molecule has 9 heteroatoms. The number of halogens is 1. The minimum absolute atomic E-state index is 0.172. The average Bonchev–Trinajstić information content (AvgIpc) is 3.22. The van der Waals surface area contributed by atoms with Gasteiger partial charge in [-0.1, -0.05) is 36.8 Å². The van der Waals surface area contributed by atoms with Gasteiger partial charge in [0, 0.05) is 31.0 Å². The van der Waals surface area contributed by atoms with Crippen LogP contribution in [0.2, 0.25) is 5.02 Å². The molecule has 1 saturated heterocycles. The van der Waals surface area contributed by atoms with Gasteiger partial charge in [-0.25, -0.2) is 4.98 Å². The number of thiazole rings is 1. The van der Waals surface area contributed by atoms with Gasteiger partial charge in [0.2, 0.25) is 17.7 Å². The molecule has 0 atom stereocenters. The van der Waals surface area contributed by atoms with E-state index in [-0.39, 0.29) is 37.1 Å². The van der Waals surface area contributed by atoms with E-state index in [1.165, 1.54) is 11.3 Å². The summed E-state index contributed by atoms with van der Waals surface area (Å²) in [5.41, 5.74) is 0.762. The van der Waals surface area contributed by atoms with Crippen LogP contribution in [0.3, 0.4) is 0 Å². The zero-order chi connectivity index (χ0) is 20.3. The van der Waals surface area contributed by atoms with E-state index in [0.29, 0.717) is 23.2 Å². The predicted molar refractivity (Wildman–Crippen MR) is 111 cm³/mol. The fourth-order valence-electron chi connectivity index (χ4n) is 3.13. The van der Waals surface area contributed by atoms with Crippen LogP contribution in [0.4, 0.5) is 5.13 Å². The van der Waals surface area contributed by atoms with Gasteiger partial charge in [0.05, 0.1) is 10.2 Å². The van der Waals surface area contributed by atoms with Crippen molar-refractivity contribution in [2.75, 3.05) is 37.6 Å². The van der Waals surface area contributed by atoms with Crippen LogP contribution >= 0.6 is 22.9 Å². The molecule has 1 aromatic carbocycles. The number of carbonyl (C=O) groups is 3. The highest BCUT2D eigenvalue weighted by molar-refractivity contribution is 7.22. The number of benzene rings is 1. The number of amides is 3. The second kappa shape index (κ2) is 8.98. The average molecular weight is 423 g/mol. The lowest BCUT2D eigenvalue weighted by molar-refractivity contribution is -0.141. The van der Waals surface area contributed by atoms with Crippen molar-refractivity contribution in [2.24, 2.45) is 0 Å². The van der Waals surface area contributed by atoms with Crippen molar-refractivity contribution in [3.05, 3.63) is 23.2 Å². The summed E-state index contributed by atoms with van der Waals surface area (Å²) in [7, 11) is 0. The minimum Gasteiger partial charge on any atom is -0.302 e. The van der Waals surface area contributed by atoms with E-state index in [2.05, 4.69) is 23.7 Å². The molecule has 0 radical (unpaired) electrons. The Kier molecular flexibility index (Phi) is 6.64. The van der Waals surface area contributed by atoms with Crippen molar-refractivity contribution < 1.29 is 14.4 Å².